The molecule has 1 N–H and O–H groups in total. The van der Waals surface area contributed by atoms with Crippen molar-refractivity contribution in [3.8, 4) is 0 Å². The van der Waals surface area contributed by atoms with Crippen molar-refractivity contribution >= 4 is 0 Å². The van der Waals surface area contributed by atoms with Gasteiger partial charge in [-0.15, -0.1) is 0 Å². The summed E-state index contributed by atoms with van der Waals surface area (Å²) < 4.78 is 0. The SMILES string of the molecule is CCNC(c1ccc(C)nc1)C1CCC(C(C)(C)C)CC1. The largest absolute Gasteiger partial charge is 0.310 e. The van der Waals surface area contributed by atoms with Crippen LogP contribution in [0.15, 0.2) is 18.3 Å². The maximum atomic E-state index is 4.49. The standard InChI is InChI=1S/C19H32N2/c1-6-20-18(16-8-7-14(2)21-13-16)15-9-11-17(12-10-15)19(3,4)5/h7-8,13,15,17-18,20H,6,9-12H2,1-5H3. The van der Waals surface area contributed by atoms with E-state index >= 15 is 0 Å². The highest BCUT2D eigenvalue weighted by Gasteiger charge is 2.33. The summed E-state index contributed by atoms with van der Waals surface area (Å²) in [6.45, 7) is 12.5. The summed E-state index contributed by atoms with van der Waals surface area (Å²) in [7, 11) is 0. The number of nitrogens with zero attached hydrogens (tertiary/aromatic N) is 1. The summed E-state index contributed by atoms with van der Waals surface area (Å²) in [6, 6.07) is 4.87. The zero-order valence-corrected chi connectivity index (χ0v) is 14.4. The van der Waals surface area contributed by atoms with E-state index in [1.54, 1.807) is 0 Å². The third-order valence-corrected chi connectivity index (χ3v) is 5.19. The summed E-state index contributed by atoms with van der Waals surface area (Å²) in [5.41, 5.74) is 2.93. The second-order valence-electron chi connectivity index (χ2n) is 7.75. The average Bonchev–Trinajstić information content (AvgIpc) is 2.45. The van der Waals surface area contributed by atoms with Gasteiger partial charge in [-0.05, 0) is 68.0 Å². The minimum atomic E-state index is 0.462. The molecule has 0 radical (unpaired) electrons. The Kier molecular flexibility index (Phi) is 5.43. The lowest BCUT2D eigenvalue weighted by molar-refractivity contribution is 0.133. The molecule has 1 atom stereocenters. The van der Waals surface area contributed by atoms with Crippen molar-refractivity contribution in [1.82, 2.24) is 10.3 Å². The highest BCUT2D eigenvalue weighted by atomic mass is 14.9. The smallest absolute Gasteiger partial charge is 0.0372 e. The van der Waals surface area contributed by atoms with E-state index in [0.29, 0.717) is 11.5 Å². The molecule has 21 heavy (non-hydrogen) atoms. The predicted octanol–water partition coefficient (Wildman–Crippen LogP) is 4.89. The van der Waals surface area contributed by atoms with Crippen LogP contribution in [-0.2, 0) is 0 Å². The number of aryl methyl sites for hydroxylation is 1. The molecule has 1 aromatic heterocycles. The van der Waals surface area contributed by atoms with Crippen molar-refractivity contribution in [3.63, 3.8) is 0 Å². The zero-order chi connectivity index (χ0) is 15.5. The maximum Gasteiger partial charge on any atom is 0.0372 e. The van der Waals surface area contributed by atoms with Gasteiger partial charge in [0.05, 0.1) is 0 Å². The molecule has 0 spiro atoms. The highest BCUT2D eigenvalue weighted by molar-refractivity contribution is 5.18. The van der Waals surface area contributed by atoms with E-state index in [1.165, 1.54) is 31.2 Å². The average molecular weight is 288 g/mol. The topological polar surface area (TPSA) is 24.9 Å². The van der Waals surface area contributed by atoms with Gasteiger partial charge in [0.15, 0.2) is 0 Å². The molecular weight excluding hydrogens is 256 g/mol. The second-order valence-corrected chi connectivity index (χ2v) is 7.75. The van der Waals surface area contributed by atoms with E-state index in [9.17, 15) is 0 Å². The Morgan fingerprint density at radius 2 is 1.86 bits per heavy atom. The van der Waals surface area contributed by atoms with Crippen LogP contribution in [0.3, 0.4) is 0 Å². The normalized spacial score (nSPS) is 24.8. The van der Waals surface area contributed by atoms with Crippen molar-refractivity contribution < 1.29 is 0 Å². The van der Waals surface area contributed by atoms with Crippen LogP contribution in [0.25, 0.3) is 0 Å². The van der Waals surface area contributed by atoms with Crippen molar-refractivity contribution in [2.45, 2.75) is 66.3 Å². The first-order valence-electron chi connectivity index (χ1n) is 8.57. The lowest BCUT2D eigenvalue weighted by Gasteiger charge is -2.39. The second kappa shape index (κ2) is 6.91. The Bertz CT molecular complexity index is 422. The number of pyridine rings is 1. The number of hydrogen-bond acceptors (Lipinski definition) is 2. The van der Waals surface area contributed by atoms with Gasteiger partial charge < -0.3 is 5.32 Å². The van der Waals surface area contributed by atoms with E-state index < -0.39 is 0 Å². The molecule has 2 rings (SSSR count). The number of hydrogen-bond donors (Lipinski definition) is 1. The van der Waals surface area contributed by atoms with E-state index in [1.807, 2.05) is 0 Å². The summed E-state index contributed by atoms with van der Waals surface area (Å²) in [6.07, 6.45) is 7.49. The van der Waals surface area contributed by atoms with Crippen LogP contribution in [-0.4, -0.2) is 11.5 Å². The lowest BCUT2D eigenvalue weighted by atomic mass is 9.68. The maximum absolute atomic E-state index is 4.49. The molecule has 0 amide bonds. The first-order chi connectivity index (χ1) is 9.91. The molecule has 1 saturated carbocycles. The Morgan fingerprint density at radius 1 is 1.19 bits per heavy atom. The van der Waals surface area contributed by atoms with Gasteiger partial charge in [-0.25, -0.2) is 0 Å². The van der Waals surface area contributed by atoms with Gasteiger partial charge >= 0.3 is 0 Å². The molecule has 0 aliphatic heterocycles. The quantitative estimate of drug-likeness (QED) is 0.853. The predicted molar refractivity (Wildman–Crippen MR) is 90.3 cm³/mol. The van der Waals surface area contributed by atoms with Crippen molar-refractivity contribution in [2.75, 3.05) is 6.54 Å². The fourth-order valence-electron chi connectivity index (χ4n) is 3.76. The van der Waals surface area contributed by atoms with Gasteiger partial charge in [0, 0.05) is 17.9 Å². The van der Waals surface area contributed by atoms with E-state index in [-0.39, 0.29) is 0 Å². The van der Waals surface area contributed by atoms with Crippen molar-refractivity contribution in [1.29, 1.82) is 0 Å². The molecule has 1 unspecified atom stereocenters. The van der Waals surface area contributed by atoms with Gasteiger partial charge in [0.25, 0.3) is 0 Å². The zero-order valence-electron chi connectivity index (χ0n) is 14.4. The van der Waals surface area contributed by atoms with E-state index in [0.717, 1.165) is 24.1 Å². The highest BCUT2D eigenvalue weighted by Crippen LogP contribution is 2.43. The molecule has 1 aromatic rings. The lowest BCUT2D eigenvalue weighted by Crippen LogP contribution is -2.33. The van der Waals surface area contributed by atoms with Gasteiger partial charge in [-0.2, -0.15) is 0 Å². The number of rotatable bonds is 4. The van der Waals surface area contributed by atoms with E-state index in [2.05, 4.69) is 63.2 Å². The van der Waals surface area contributed by atoms with Crippen LogP contribution < -0.4 is 5.32 Å². The molecule has 1 aliphatic rings. The van der Waals surface area contributed by atoms with Crippen LogP contribution in [0.1, 0.15) is 70.7 Å². The van der Waals surface area contributed by atoms with Gasteiger partial charge in [0.2, 0.25) is 0 Å². The fourth-order valence-corrected chi connectivity index (χ4v) is 3.76. The molecule has 1 aliphatic carbocycles. The Labute approximate surface area is 130 Å². The first kappa shape index (κ1) is 16.5. The molecule has 2 heteroatoms. The van der Waals surface area contributed by atoms with Crippen LogP contribution >= 0.6 is 0 Å². The number of nitrogens with one attached hydrogen (secondary N) is 1. The van der Waals surface area contributed by atoms with Crippen molar-refractivity contribution in [3.05, 3.63) is 29.6 Å². The van der Waals surface area contributed by atoms with Crippen LogP contribution in [0, 0.1) is 24.2 Å². The fraction of sp³-hybridized carbons (Fsp3) is 0.737. The molecule has 0 bridgehead atoms. The Morgan fingerprint density at radius 3 is 2.33 bits per heavy atom. The third kappa shape index (κ3) is 4.29. The minimum Gasteiger partial charge on any atom is -0.310 e. The summed E-state index contributed by atoms with van der Waals surface area (Å²) in [4.78, 5) is 4.49. The van der Waals surface area contributed by atoms with Gasteiger partial charge in [-0.1, -0.05) is 33.8 Å². The molecule has 0 saturated heterocycles. The molecule has 118 valence electrons. The van der Waals surface area contributed by atoms with Gasteiger partial charge in [-0.3, -0.25) is 4.98 Å². The van der Waals surface area contributed by atoms with Crippen LogP contribution in [0.5, 0.6) is 0 Å². The Hall–Kier alpha value is -0.890. The monoisotopic (exact) mass is 288 g/mol. The molecule has 2 nitrogen and oxygen atoms in total. The molecule has 0 aromatic carbocycles. The van der Waals surface area contributed by atoms with E-state index in [4.69, 9.17) is 0 Å². The molecular formula is C19H32N2. The molecule has 1 heterocycles. The summed E-state index contributed by atoms with van der Waals surface area (Å²) in [5, 5.41) is 3.70. The number of aromatic nitrogens is 1. The Balaban J connectivity index is 2.05. The summed E-state index contributed by atoms with van der Waals surface area (Å²) >= 11 is 0. The van der Waals surface area contributed by atoms with Crippen molar-refractivity contribution in [2.24, 2.45) is 17.3 Å². The third-order valence-electron chi connectivity index (χ3n) is 5.19. The first-order valence-corrected chi connectivity index (χ1v) is 8.57. The summed E-state index contributed by atoms with van der Waals surface area (Å²) in [5.74, 6) is 1.64. The minimum absolute atomic E-state index is 0.462. The van der Waals surface area contributed by atoms with Gasteiger partial charge in [0.1, 0.15) is 0 Å². The molecule has 1 fully saturated rings. The van der Waals surface area contributed by atoms with Crippen LogP contribution in [0.2, 0.25) is 0 Å². The van der Waals surface area contributed by atoms with Crippen LogP contribution in [0.4, 0.5) is 0 Å².